The van der Waals surface area contributed by atoms with E-state index in [4.69, 9.17) is 32.7 Å². The maximum absolute atomic E-state index is 12.8. The van der Waals surface area contributed by atoms with E-state index in [0.717, 1.165) is 5.56 Å². The SMILES string of the molecule is CC(C)CC(NC(=O)c1ccc(Cl)cc1Cl)C(=O)NCc1ccc2c(c1)OCO2. The van der Waals surface area contributed by atoms with Gasteiger partial charge in [0.05, 0.1) is 10.6 Å². The molecule has 29 heavy (non-hydrogen) atoms. The average Bonchev–Trinajstić information content (AvgIpc) is 3.12. The van der Waals surface area contributed by atoms with E-state index in [9.17, 15) is 9.59 Å². The second kappa shape index (κ2) is 9.37. The number of rotatable bonds is 7. The molecule has 1 unspecified atom stereocenters. The first-order valence-electron chi connectivity index (χ1n) is 9.25. The van der Waals surface area contributed by atoms with E-state index >= 15 is 0 Å². The van der Waals surface area contributed by atoms with Gasteiger partial charge in [0.2, 0.25) is 12.7 Å². The number of hydrogen-bond donors (Lipinski definition) is 2. The van der Waals surface area contributed by atoms with Crippen molar-refractivity contribution < 1.29 is 19.1 Å². The fourth-order valence-electron chi connectivity index (χ4n) is 2.98. The Morgan fingerprint density at radius 2 is 1.83 bits per heavy atom. The number of amides is 2. The molecule has 154 valence electrons. The van der Waals surface area contributed by atoms with Gasteiger partial charge in [-0.25, -0.2) is 0 Å². The highest BCUT2D eigenvalue weighted by atomic mass is 35.5. The maximum atomic E-state index is 12.8. The fraction of sp³-hybridized carbons (Fsp3) is 0.333. The second-order valence-electron chi connectivity index (χ2n) is 7.19. The Labute approximate surface area is 179 Å². The number of ether oxygens (including phenoxy) is 2. The summed E-state index contributed by atoms with van der Waals surface area (Å²) < 4.78 is 10.6. The van der Waals surface area contributed by atoms with Crippen LogP contribution < -0.4 is 20.1 Å². The lowest BCUT2D eigenvalue weighted by Gasteiger charge is -2.20. The number of carbonyl (C=O) groups excluding carboxylic acids is 2. The zero-order valence-electron chi connectivity index (χ0n) is 16.1. The van der Waals surface area contributed by atoms with Gasteiger partial charge in [-0.2, -0.15) is 0 Å². The number of carbonyl (C=O) groups is 2. The molecule has 6 nitrogen and oxygen atoms in total. The molecule has 3 rings (SSSR count). The van der Waals surface area contributed by atoms with Crippen LogP contribution in [-0.2, 0) is 11.3 Å². The summed E-state index contributed by atoms with van der Waals surface area (Å²) >= 11 is 12.0. The summed E-state index contributed by atoms with van der Waals surface area (Å²) in [4.78, 5) is 25.4. The van der Waals surface area contributed by atoms with Crippen molar-refractivity contribution in [1.29, 1.82) is 0 Å². The van der Waals surface area contributed by atoms with E-state index < -0.39 is 11.9 Å². The van der Waals surface area contributed by atoms with Gasteiger partial charge in [-0.1, -0.05) is 43.1 Å². The zero-order valence-corrected chi connectivity index (χ0v) is 17.6. The molecule has 0 radical (unpaired) electrons. The minimum Gasteiger partial charge on any atom is -0.454 e. The Morgan fingerprint density at radius 1 is 1.07 bits per heavy atom. The normalized spacial score (nSPS) is 13.3. The lowest BCUT2D eigenvalue weighted by Crippen LogP contribution is -2.47. The highest BCUT2D eigenvalue weighted by Gasteiger charge is 2.23. The van der Waals surface area contributed by atoms with Crippen molar-refractivity contribution in [3.05, 3.63) is 57.6 Å². The Balaban J connectivity index is 1.65. The minimum absolute atomic E-state index is 0.195. The predicted molar refractivity (Wildman–Crippen MR) is 112 cm³/mol. The monoisotopic (exact) mass is 436 g/mol. The smallest absolute Gasteiger partial charge is 0.253 e. The highest BCUT2D eigenvalue weighted by Crippen LogP contribution is 2.32. The van der Waals surface area contributed by atoms with Crippen LogP contribution in [0.3, 0.4) is 0 Å². The van der Waals surface area contributed by atoms with Crippen LogP contribution in [0.1, 0.15) is 36.2 Å². The van der Waals surface area contributed by atoms with Crippen LogP contribution in [0.2, 0.25) is 10.0 Å². The van der Waals surface area contributed by atoms with Crippen molar-refractivity contribution in [1.82, 2.24) is 10.6 Å². The predicted octanol–water partition coefficient (Wildman–Crippen LogP) is 4.18. The van der Waals surface area contributed by atoms with Crippen LogP contribution >= 0.6 is 23.2 Å². The lowest BCUT2D eigenvalue weighted by molar-refractivity contribution is -0.123. The quantitative estimate of drug-likeness (QED) is 0.682. The molecular weight excluding hydrogens is 415 g/mol. The molecular formula is C21H22Cl2N2O4. The molecule has 2 aromatic carbocycles. The van der Waals surface area contributed by atoms with E-state index in [0.29, 0.717) is 29.5 Å². The summed E-state index contributed by atoms with van der Waals surface area (Å²) in [6.45, 7) is 4.47. The molecule has 0 bridgehead atoms. The largest absolute Gasteiger partial charge is 0.454 e. The Kier molecular flexibility index (Phi) is 6.87. The Bertz CT molecular complexity index is 918. The van der Waals surface area contributed by atoms with Crippen molar-refractivity contribution in [3.63, 3.8) is 0 Å². The first-order valence-corrected chi connectivity index (χ1v) is 10.0. The van der Waals surface area contributed by atoms with E-state index in [1.165, 1.54) is 12.1 Å². The van der Waals surface area contributed by atoms with Crippen molar-refractivity contribution in [2.24, 2.45) is 5.92 Å². The molecule has 2 N–H and O–H groups in total. The third kappa shape index (κ3) is 5.55. The number of hydrogen-bond acceptors (Lipinski definition) is 4. The van der Waals surface area contributed by atoms with Crippen LogP contribution in [0.15, 0.2) is 36.4 Å². The topological polar surface area (TPSA) is 76.7 Å². The molecule has 8 heteroatoms. The Morgan fingerprint density at radius 3 is 2.55 bits per heavy atom. The summed E-state index contributed by atoms with van der Waals surface area (Å²) in [6, 6.07) is 9.41. The highest BCUT2D eigenvalue weighted by molar-refractivity contribution is 6.36. The molecule has 0 saturated heterocycles. The van der Waals surface area contributed by atoms with Gasteiger partial charge in [0.1, 0.15) is 6.04 Å². The molecule has 2 amide bonds. The molecule has 1 aliphatic heterocycles. The van der Waals surface area contributed by atoms with Gasteiger partial charge in [-0.15, -0.1) is 0 Å². The number of benzene rings is 2. The van der Waals surface area contributed by atoms with Gasteiger partial charge in [0.15, 0.2) is 11.5 Å². The summed E-state index contributed by atoms with van der Waals surface area (Å²) in [5.41, 5.74) is 1.14. The van der Waals surface area contributed by atoms with Crippen molar-refractivity contribution in [3.8, 4) is 11.5 Å². The third-order valence-electron chi connectivity index (χ3n) is 4.41. The van der Waals surface area contributed by atoms with Gasteiger partial charge in [-0.05, 0) is 48.2 Å². The number of nitrogens with one attached hydrogen (secondary N) is 2. The third-order valence-corrected chi connectivity index (χ3v) is 4.96. The van der Waals surface area contributed by atoms with Gasteiger partial charge >= 0.3 is 0 Å². The summed E-state index contributed by atoms with van der Waals surface area (Å²) in [7, 11) is 0. The van der Waals surface area contributed by atoms with Crippen LogP contribution in [-0.4, -0.2) is 24.6 Å². The molecule has 0 fully saturated rings. The molecule has 1 aliphatic rings. The van der Waals surface area contributed by atoms with Crippen molar-refractivity contribution in [2.45, 2.75) is 32.9 Å². The zero-order chi connectivity index (χ0) is 21.0. The second-order valence-corrected chi connectivity index (χ2v) is 8.03. The fourth-order valence-corrected chi connectivity index (χ4v) is 3.47. The molecule has 1 atom stereocenters. The van der Waals surface area contributed by atoms with Crippen LogP contribution in [0.5, 0.6) is 11.5 Å². The van der Waals surface area contributed by atoms with E-state index in [1.807, 2.05) is 26.0 Å². The standard InChI is InChI=1S/C21H22Cl2N2O4/c1-12(2)7-17(25-20(26)15-5-4-14(22)9-16(15)23)21(27)24-10-13-3-6-18-19(8-13)29-11-28-18/h3-6,8-9,12,17H,7,10-11H2,1-2H3,(H,24,27)(H,25,26). The summed E-state index contributed by atoms with van der Waals surface area (Å²) in [5, 5.41) is 6.32. The summed E-state index contributed by atoms with van der Waals surface area (Å²) in [6.07, 6.45) is 0.490. The molecule has 2 aromatic rings. The first kappa shape index (κ1) is 21.3. The molecule has 0 saturated carbocycles. The van der Waals surface area contributed by atoms with E-state index in [-0.39, 0.29) is 29.2 Å². The van der Waals surface area contributed by atoms with E-state index in [2.05, 4.69) is 10.6 Å². The van der Waals surface area contributed by atoms with Gasteiger partial charge in [-0.3, -0.25) is 9.59 Å². The van der Waals surface area contributed by atoms with Crippen molar-refractivity contribution in [2.75, 3.05) is 6.79 Å². The number of halogens is 2. The molecule has 0 aromatic heterocycles. The molecule has 0 spiro atoms. The maximum Gasteiger partial charge on any atom is 0.253 e. The number of fused-ring (bicyclic) bond motifs is 1. The van der Waals surface area contributed by atoms with Gasteiger partial charge in [0, 0.05) is 11.6 Å². The lowest BCUT2D eigenvalue weighted by atomic mass is 10.0. The molecule has 0 aliphatic carbocycles. The molecule has 1 heterocycles. The first-order chi connectivity index (χ1) is 13.8. The van der Waals surface area contributed by atoms with E-state index in [1.54, 1.807) is 12.1 Å². The summed E-state index contributed by atoms with van der Waals surface area (Å²) in [5.74, 6) is 0.855. The van der Waals surface area contributed by atoms with Crippen molar-refractivity contribution >= 4 is 35.0 Å². The van der Waals surface area contributed by atoms with Gasteiger partial charge < -0.3 is 20.1 Å². The average molecular weight is 437 g/mol. The minimum atomic E-state index is -0.691. The Hall–Kier alpha value is -2.44. The van der Waals surface area contributed by atoms with Crippen LogP contribution in [0.4, 0.5) is 0 Å². The van der Waals surface area contributed by atoms with Gasteiger partial charge in [0.25, 0.3) is 5.91 Å². The van der Waals surface area contributed by atoms with Crippen LogP contribution in [0, 0.1) is 5.92 Å². The van der Waals surface area contributed by atoms with Crippen LogP contribution in [0.25, 0.3) is 0 Å².